The molecule has 0 radical (unpaired) electrons. The highest BCUT2D eigenvalue weighted by molar-refractivity contribution is 7.13. The number of amides is 1. The van der Waals surface area contributed by atoms with Crippen molar-refractivity contribution in [2.75, 3.05) is 0 Å². The molecule has 1 aromatic carbocycles. The van der Waals surface area contributed by atoms with Gasteiger partial charge in [0, 0.05) is 13.0 Å². The molecule has 2 aromatic heterocycles. The highest BCUT2D eigenvalue weighted by atomic mass is 32.1. The fourth-order valence-electron chi connectivity index (χ4n) is 2.86. The SMILES string of the molecule is Cc1nc(CC(C)C)sc1C(=O)NCc1cccc(COCc2ccco2)c1. The van der Waals surface area contributed by atoms with E-state index in [1.807, 2.05) is 43.3 Å². The predicted octanol–water partition coefficient (Wildman–Crippen LogP) is 4.89. The van der Waals surface area contributed by atoms with Crippen LogP contribution < -0.4 is 5.32 Å². The molecule has 1 N–H and O–H groups in total. The molecule has 0 saturated heterocycles. The van der Waals surface area contributed by atoms with E-state index >= 15 is 0 Å². The maximum Gasteiger partial charge on any atom is 0.263 e. The Kier molecular flexibility index (Phi) is 7.01. The number of thiazole rings is 1. The molecule has 0 aliphatic carbocycles. The summed E-state index contributed by atoms with van der Waals surface area (Å²) in [6.45, 7) is 7.61. The molecule has 3 aromatic rings. The molecule has 0 bridgehead atoms. The number of aryl methyl sites for hydroxylation is 1. The van der Waals surface area contributed by atoms with Crippen molar-refractivity contribution < 1.29 is 13.9 Å². The number of hydrogen-bond acceptors (Lipinski definition) is 5. The summed E-state index contributed by atoms with van der Waals surface area (Å²) in [7, 11) is 0. The van der Waals surface area contributed by atoms with Crippen LogP contribution in [0.15, 0.2) is 47.1 Å². The van der Waals surface area contributed by atoms with E-state index in [0.717, 1.165) is 34.0 Å². The van der Waals surface area contributed by atoms with Gasteiger partial charge in [-0.1, -0.05) is 38.1 Å². The van der Waals surface area contributed by atoms with E-state index in [-0.39, 0.29) is 5.91 Å². The Labute approximate surface area is 169 Å². The summed E-state index contributed by atoms with van der Waals surface area (Å²) < 4.78 is 10.9. The minimum atomic E-state index is -0.0653. The second-order valence-electron chi connectivity index (χ2n) is 7.19. The molecule has 0 saturated carbocycles. The van der Waals surface area contributed by atoms with Crippen molar-refractivity contribution >= 4 is 17.2 Å². The summed E-state index contributed by atoms with van der Waals surface area (Å²) in [5, 5.41) is 4.03. The molecule has 0 aliphatic heterocycles. The molecule has 1 amide bonds. The van der Waals surface area contributed by atoms with E-state index in [9.17, 15) is 4.79 Å². The molecule has 5 nitrogen and oxygen atoms in total. The van der Waals surface area contributed by atoms with Crippen LogP contribution in [-0.4, -0.2) is 10.9 Å². The fraction of sp³-hybridized carbons (Fsp3) is 0.364. The molecule has 2 heterocycles. The zero-order chi connectivity index (χ0) is 19.9. The molecular weight excluding hydrogens is 372 g/mol. The van der Waals surface area contributed by atoms with Gasteiger partial charge in [0.2, 0.25) is 0 Å². The number of furan rings is 1. The highest BCUT2D eigenvalue weighted by Gasteiger charge is 2.15. The zero-order valence-electron chi connectivity index (χ0n) is 16.5. The number of hydrogen-bond donors (Lipinski definition) is 1. The van der Waals surface area contributed by atoms with Crippen LogP contribution >= 0.6 is 11.3 Å². The van der Waals surface area contributed by atoms with Gasteiger partial charge in [-0.25, -0.2) is 4.98 Å². The first kappa shape index (κ1) is 20.3. The van der Waals surface area contributed by atoms with Crippen molar-refractivity contribution in [3.8, 4) is 0 Å². The van der Waals surface area contributed by atoms with Crippen LogP contribution in [-0.2, 0) is 30.9 Å². The van der Waals surface area contributed by atoms with Crippen molar-refractivity contribution in [2.45, 2.75) is 47.0 Å². The van der Waals surface area contributed by atoms with E-state index in [1.165, 1.54) is 11.3 Å². The Morgan fingerprint density at radius 3 is 2.79 bits per heavy atom. The minimum absolute atomic E-state index is 0.0653. The van der Waals surface area contributed by atoms with Gasteiger partial charge in [-0.3, -0.25) is 4.79 Å². The molecule has 0 unspecified atom stereocenters. The molecule has 6 heteroatoms. The van der Waals surface area contributed by atoms with Crippen LogP contribution in [0.25, 0.3) is 0 Å². The lowest BCUT2D eigenvalue weighted by Crippen LogP contribution is -2.22. The third-order valence-corrected chi connectivity index (χ3v) is 5.35. The minimum Gasteiger partial charge on any atom is -0.467 e. The smallest absolute Gasteiger partial charge is 0.263 e. The standard InChI is InChI=1S/C22H26N2O3S/c1-15(2)10-20-24-16(3)21(28-20)22(25)23-12-17-6-4-7-18(11-17)13-26-14-19-8-5-9-27-19/h4-9,11,15H,10,12-14H2,1-3H3,(H,23,25). The number of nitrogens with one attached hydrogen (secondary N) is 1. The van der Waals surface area contributed by atoms with Crippen molar-refractivity contribution in [3.05, 3.63) is 75.1 Å². The lowest BCUT2D eigenvalue weighted by molar-refractivity contribution is 0.0928. The first-order valence-electron chi connectivity index (χ1n) is 9.43. The monoisotopic (exact) mass is 398 g/mol. The summed E-state index contributed by atoms with van der Waals surface area (Å²) in [5.41, 5.74) is 2.90. The number of carbonyl (C=O) groups is 1. The first-order valence-corrected chi connectivity index (χ1v) is 10.3. The van der Waals surface area contributed by atoms with Gasteiger partial charge < -0.3 is 14.5 Å². The summed E-state index contributed by atoms with van der Waals surface area (Å²) in [6.07, 6.45) is 2.54. The Hall–Kier alpha value is -2.44. The van der Waals surface area contributed by atoms with Gasteiger partial charge in [0.25, 0.3) is 5.91 Å². The summed E-state index contributed by atoms with van der Waals surface area (Å²) in [4.78, 5) is 17.8. The Morgan fingerprint density at radius 1 is 1.21 bits per heavy atom. The van der Waals surface area contributed by atoms with Crippen LogP contribution in [0.2, 0.25) is 0 Å². The zero-order valence-corrected chi connectivity index (χ0v) is 17.3. The lowest BCUT2D eigenvalue weighted by Gasteiger charge is -2.07. The number of ether oxygens (including phenoxy) is 1. The van der Waals surface area contributed by atoms with Gasteiger partial charge in [-0.15, -0.1) is 11.3 Å². The molecule has 0 aliphatic rings. The Balaban J connectivity index is 1.52. The molecule has 3 rings (SSSR count). The third kappa shape index (κ3) is 5.78. The second-order valence-corrected chi connectivity index (χ2v) is 8.28. The van der Waals surface area contributed by atoms with Crippen molar-refractivity contribution in [1.29, 1.82) is 0 Å². The van der Waals surface area contributed by atoms with Crippen LogP contribution in [0.3, 0.4) is 0 Å². The second kappa shape index (κ2) is 9.66. The average molecular weight is 399 g/mol. The van der Waals surface area contributed by atoms with Gasteiger partial charge in [-0.2, -0.15) is 0 Å². The van der Waals surface area contributed by atoms with Crippen LogP contribution in [0, 0.1) is 12.8 Å². The van der Waals surface area contributed by atoms with Crippen LogP contribution in [0.1, 0.15) is 51.1 Å². The topological polar surface area (TPSA) is 64.4 Å². The maximum atomic E-state index is 12.6. The molecule has 0 spiro atoms. The first-order chi connectivity index (χ1) is 13.5. The number of rotatable bonds is 9. The normalized spacial score (nSPS) is 11.1. The molecule has 148 valence electrons. The number of carbonyl (C=O) groups excluding carboxylic acids is 1. The number of nitrogens with zero attached hydrogens (tertiary/aromatic N) is 1. The van der Waals surface area contributed by atoms with E-state index in [4.69, 9.17) is 9.15 Å². The van der Waals surface area contributed by atoms with E-state index in [2.05, 4.69) is 24.1 Å². The van der Waals surface area contributed by atoms with E-state index < -0.39 is 0 Å². The largest absolute Gasteiger partial charge is 0.467 e. The van der Waals surface area contributed by atoms with Gasteiger partial charge >= 0.3 is 0 Å². The van der Waals surface area contributed by atoms with E-state index in [0.29, 0.717) is 30.6 Å². The molecular formula is C22H26N2O3S. The predicted molar refractivity (Wildman–Crippen MR) is 110 cm³/mol. The maximum absolute atomic E-state index is 12.6. The quantitative estimate of drug-likeness (QED) is 0.557. The van der Waals surface area contributed by atoms with E-state index in [1.54, 1.807) is 6.26 Å². The van der Waals surface area contributed by atoms with Gasteiger partial charge in [0.15, 0.2) is 0 Å². The van der Waals surface area contributed by atoms with Crippen molar-refractivity contribution in [1.82, 2.24) is 10.3 Å². The van der Waals surface area contributed by atoms with Crippen molar-refractivity contribution in [3.63, 3.8) is 0 Å². The van der Waals surface area contributed by atoms with Crippen LogP contribution in [0.5, 0.6) is 0 Å². The van der Waals surface area contributed by atoms with Crippen molar-refractivity contribution in [2.24, 2.45) is 5.92 Å². The Morgan fingerprint density at radius 2 is 2.04 bits per heavy atom. The molecule has 0 fully saturated rings. The fourth-order valence-corrected chi connectivity index (χ4v) is 4.05. The summed E-state index contributed by atoms with van der Waals surface area (Å²) >= 11 is 1.49. The van der Waals surface area contributed by atoms with Gasteiger partial charge in [0.1, 0.15) is 17.2 Å². The number of aromatic nitrogens is 1. The third-order valence-electron chi connectivity index (χ3n) is 4.17. The summed E-state index contributed by atoms with van der Waals surface area (Å²) in [5.74, 6) is 1.27. The highest BCUT2D eigenvalue weighted by Crippen LogP contribution is 2.21. The Bertz CT molecular complexity index is 900. The molecule has 0 atom stereocenters. The average Bonchev–Trinajstić information content (AvgIpc) is 3.29. The van der Waals surface area contributed by atoms with Crippen LogP contribution in [0.4, 0.5) is 0 Å². The van der Waals surface area contributed by atoms with Gasteiger partial charge in [0.05, 0.1) is 23.6 Å². The summed E-state index contributed by atoms with van der Waals surface area (Å²) in [6, 6.07) is 11.8. The lowest BCUT2D eigenvalue weighted by atomic mass is 10.1. The number of benzene rings is 1. The molecule has 28 heavy (non-hydrogen) atoms. The van der Waals surface area contributed by atoms with Gasteiger partial charge in [-0.05, 0) is 36.1 Å².